The van der Waals surface area contributed by atoms with Gasteiger partial charge in [0.1, 0.15) is 5.69 Å². The van der Waals surface area contributed by atoms with Crippen LogP contribution in [0.15, 0.2) is 35.4 Å². The number of thiazole rings is 1. The molecule has 1 atom stereocenters. The zero-order valence-corrected chi connectivity index (χ0v) is 11.1. The van der Waals surface area contributed by atoms with Crippen molar-refractivity contribution in [3.05, 3.63) is 46.7 Å². The van der Waals surface area contributed by atoms with E-state index in [0.29, 0.717) is 12.2 Å². The van der Waals surface area contributed by atoms with Crippen LogP contribution in [0.2, 0.25) is 0 Å². The first kappa shape index (κ1) is 12.3. The van der Waals surface area contributed by atoms with E-state index in [0.717, 1.165) is 18.7 Å². The van der Waals surface area contributed by atoms with Crippen molar-refractivity contribution in [2.45, 2.75) is 6.04 Å². The minimum absolute atomic E-state index is 0.00315. The van der Waals surface area contributed by atoms with Gasteiger partial charge < -0.3 is 10.2 Å². The predicted molar refractivity (Wildman–Crippen MR) is 73.0 cm³/mol. The molecule has 2 aromatic heterocycles. The molecule has 1 aliphatic rings. The summed E-state index contributed by atoms with van der Waals surface area (Å²) in [5.74, 6) is -0.00315. The number of amides is 1. The number of carbonyl (C=O) groups is 1. The van der Waals surface area contributed by atoms with Gasteiger partial charge in [-0.3, -0.25) is 9.78 Å². The van der Waals surface area contributed by atoms with E-state index in [-0.39, 0.29) is 11.9 Å². The topological polar surface area (TPSA) is 58.1 Å². The molecule has 0 radical (unpaired) electrons. The van der Waals surface area contributed by atoms with E-state index in [1.807, 2.05) is 23.2 Å². The van der Waals surface area contributed by atoms with Gasteiger partial charge in [0.05, 0.1) is 11.6 Å². The van der Waals surface area contributed by atoms with Crippen molar-refractivity contribution < 1.29 is 4.79 Å². The van der Waals surface area contributed by atoms with Gasteiger partial charge in [-0.2, -0.15) is 0 Å². The molecule has 3 heterocycles. The molecule has 1 N–H and O–H groups in total. The molecular formula is C13H14N4OS. The number of piperazine rings is 1. The van der Waals surface area contributed by atoms with Gasteiger partial charge in [-0.1, -0.05) is 6.07 Å². The number of pyridine rings is 1. The first-order valence-corrected chi connectivity index (χ1v) is 7.10. The van der Waals surface area contributed by atoms with Crippen molar-refractivity contribution in [2.75, 3.05) is 19.6 Å². The smallest absolute Gasteiger partial charge is 0.273 e. The summed E-state index contributed by atoms with van der Waals surface area (Å²) in [6.07, 6.45) is 3.56. The van der Waals surface area contributed by atoms with Crippen LogP contribution in [0.1, 0.15) is 22.1 Å². The summed E-state index contributed by atoms with van der Waals surface area (Å²) < 4.78 is 0. The number of aromatic nitrogens is 2. The van der Waals surface area contributed by atoms with Gasteiger partial charge in [-0.25, -0.2) is 4.98 Å². The standard InChI is InChI=1S/C13H14N4OS/c18-13(11-8-19-9-16-11)17-5-4-15-7-12(17)10-2-1-3-14-6-10/h1-3,6,8-9,12,15H,4-5,7H2. The van der Waals surface area contributed by atoms with Crippen molar-refractivity contribution in [3.8, 4) is 0 Å². The Morgan fingerprint density at radius 1 is 1.53 bits per heavy atom. The average molecular weight is 274 g/mol. The molecule has 1 fully saturated rings. The molecule has 1 unspecified atom stereocenters. The highest BCUT2D eigenvalue weighted by Gasteiger charge is 2.29. The third-order valence-electron chi connectivity index (χ3n) is 3.22. The van der Waals surface area contributed by atoms with Crippen molar-refractivity contribution in [1.82, 2.24) is 20.2 Å². The lowest BCUT2D eigenvalue weighted by atomic mass is 10.1. The second kappa shape index (κ2) is 5.46. The maximum atomic E-state index is 12.5. The van der Waals surface area contributed by atoms with Gasteiger partial charge >= 0.3 is 0 Å². The third kappa shape index (κ3) is 2.50. The van der Waals surface area contributed by atoms with Crippen LogP contribution in [0.5, 0.6) is 0 Å². The Labute approximate surface area is 115 Å². The lowest BCUT2D eigenvalue weighted by Crippen LogP contribution is -2.48. The second-order valence-corrected chi connectivity index (χ2v) is 5.10. The molecule has 1 amide bonds. The maximum absolute atomic E-state index is 12.5. The van der Waals surface area contributed by atoms with E-state index in [1.54, 1.807) is 17.1 Å². The molecule has 1 aliphatic heterocycles. The molecule has 0 bridgehead atoms. The zero-order chi connectivity index (χ0) is 13.1. The molecule has 3 rings (SSSR count). The van der Waals surface area contributed by atoms with Crippen molar-refractivity contribution in [1.29, 1.82) is 0 Å². The van der Waals surface area contributed by atoms with Crippen molar-refractivity contribution in [2.24, 2.45) is 0 Å². The Hall–Kier alpha value is -1.79. The van der Waals surface area contributed by atoms with E-state index >= 15 is 0 Å². The fourth-order valence-electron chi connectivity index (χ4n) is 2.28. The van der Waals surface area contributed by atoms with Crippen molar-refractivity contribution >= 4 is 17.2 Å². The highest BCUT2D eigenvalue weighted by molar-refractivity contribution is 7.07. The lowest BCUT2D eigenvalue weighted by Gasteiger charge is -2.36. The van der Waals surface area contributed by atoms with Gasteiger partial charge in [0.2, 0.25) is 0 Å². The summed E-state index contributed by atoms with van der Waals surface area (Å²) in [7, 11) is 0. The number of hydrogen-bond acceptors (Lipinski definition) is 5. The summed E-state index contributed by atoms with van der Waals surface area (Å²) in [4.78, 5) is 22.6. The van der Waals surface area contributed by atoms with Gasteiger partial charge in [-0.05, 0) is 11.6 Å². The summed E-state index contributed by atoms with van der Waals surface area (Å²) >= 11 is 1.44. The molecule has 98 valence electrons. The molecule has 5 nitrogen and oxygen atoms in total. The zero-order valence-electron chi connectivity index (χ0n) is 10.3. The minimum atomic E-state index is -0.00315. The van der Waals surface area contributed by atoms with E-state index in [1.165, 1.54) is 11.3 Å². The average Bonchev–Trinajstić information content (AvgIpc) is 3.02. The van der Waals surface area contributed by atoms with E-state index in [9.17, 15) is 4.79 Å². The van der Waals surface area contributed by atoms with Gasteiger partial charge in [0.15, 0.2) is 0 Å². The van der Waals surface area contributed by atoms with Crippen LogP contribution >= 0.6 is 11.3 Å². The fourth-order valence-corrected chi connectivity index (χ4v) is 2.81. The SMILES string of the molecule is O=C(c1cscn1)N1CCNCC1c1cccnc1. The monoisotopic (exact) mass is 274 g/mol. The maximum Gasteiger partial charge on any atom is 0.273 e. The van der Waals surface area contributed by atoms with Crippen molar-refractivity contribution in [3.63, 3.8) is 0 Å². The number of hydrogen-bond donors (Lipinski definition) is 1. The highest BCUT2D eigenvalue weighted by Crippen LogP contribution is 2.23. The Morgan fingerprint density at radius 3 is 3.21 bits per heavy atom. The van der Waals surface area contributed by atoms with Gasteiger partial charge in [0, 0.05) is 37.4 Å². The predicted octanol–water partition coefficient (Wildman–Crippen LogP) is 1.32. The van der Waals surface area contributed by atoms with E-state index in [4.69, 9.17) is 0 Å². The molecule has 1 saturated heterocycles. The number of carbonyl (C=O) groups excluding carboxylic acids is 1. The Balaban J connectivity index is 1.87. The summed E-state index contributed by atoms with van der Waals surface area (Å²) in [5, 5.41) is 5.12. The summed E-state index contributed by atoms with van der Waals surface area (Å²) in [6, 6.07) is 3.93. The largest absolute Gasteiger partial charge is 0.328 e. The van der Waals surface area contributed by atoms with E-state index in [2.05, 4.69) is 15.3 Å². The fraction of sp³-hybridized carbons (Fsp3) is 0.308. The molecule has 19 heavy (non-hydrogen) atoms. The first-order valence-electron chi connectivity index (χ1n) is 6.16. The van der Waals surface area contributed by atoms with Crippen LogP contribution < -0.4 is 5.32 Å². The molecular weight excluding hydrogens is 260 g/mol. The Kier molecular flexibility index (Phi) is 3.52. The second-order valence-electron chi connectivity index (χ2n) is 4.38. The number of nitrogens with zero attached hydrogens (tertiary/aromatic N) is 3. The van der Waals surface area contributed by atoms with Crippen LogP contribution in [-0.4, -0.2) is 40.4 Å². The molecule has 0 saturated carbocycles. The molecule has 6 heteroatoms. The quantitative estimate of drug-likeness (QED) is 0.897. The Morgan fingerprint density at radius 2 is 2.47 bits per heavy atom. The lowest BCUT2D eigenvalue weighted by molar-refractivity contribution is 0.0628. The summed E-state index contributed by atoms with van der Waals surface area (Å²) in [6.45, 7) is 2.25. The van der Waals surface area contributed by atoms with Crippen LogP contribution in [0, 0.1) is 0 Å². The molecule has 2 aromatic rings. The van der Waals surface area contributed by atoms with E-state index < -0.39 is 0 Å². The van der Waals surface area contributed by atoms with Crippen LogP contribution in [0.25, 0.3) is 0 Å². The first-order chi connectivity index (χ1) is 9.36. The Bertz CT molecular complexity index is 543. The molecule has 0 aromatic carbocycles. The third-order valence-corrected chi connectivity index (χ3v) is 3.81. The van der Waals surface area contributed by atoms with Crippen LogP contribution in [0.4, 0.5) is 0 Å². The van der Waals surface area contributed by atoms with Crippen LogP contribution in [0.3, 0.4) is 0 Å². The highest BCUT2D eigenvalue weighted by atomic mass is 32.1. The molecule has 0 aliphatic carbocycles. The molecule has 0 spiro atoms. The van der Waals surface area contributed by atoms with Crippen LogP contribution in [-0.2, 0) is 0 Å². The van der Waals surface area contributed by atoms with Gasteiger partial charge in [-0.15, -0.1) is 11.3 Å². The normalized spacial score (nSPS) is 19.4. The summed E-state index contributed by atoms with van der Waals surface area (Å²) in [5.41, 5.74) is 3.27. The number of rotatable bonds is 2. The van der Waals surface area contributed by atoms with Gasteiger partial charge in [0.25, 0.3) is 5.91 Å². The number of nitrogens with one attached hydrogen (secondary N) is 1. The minimum Gasteiger partial charge on any atom is -0.328 e.